The van der Waals surface area contributed by atoms with Gasteiger partial charge < -0.3 is 14.8 Å². The molecule has 0 radical (unpaired) electrons. The van der Waals surface area contributed by atoms with Crippen LogP contribution in [0.4, 0.5) is 0 Å². The van der Waals surface area contributed by atoms with Gasteiger partial charge in [-0.1, -0.05) is 6.92 Å². The Hall–Kier alpha value is -1.20. The Kier molecular flexibility index (Phi) is 5.54. The molecule has 1 saturated heterocycles. The van der Waals surface area contributed by atoms with E-state index in [0.717, 1.165) is 31.7 Å². The second kappa shape index (κ2) is 7.40. The van der Waals surface area contributed by atoms with Crippen molar-refractivity contribution < 1.29 is 9.47 Å². The number of ether oxygens (including phenoxy) is 2. The van der Waals surface area contributed by atoms with Gasteiger partial charge in [0.25, 0.3) is 0 Å². The van der Waals surface area contributed by atoms with Crippen LogP contribution in [0, 0.1) is 0 Å². The van der Waals surface area contributed by atoms with E-state index < -0.39 is 0 Å². The number of hydrogen-bond acceptors (Lipinski definition) is 5. The van der Waals surface area contributed by atoms with Crippen molar-refractivity contribution in [2.45, 2.75) is 44.8 Å². The van der Waals surface area contributed by atoms with Crippen molar-refractivity contribution in [1.29, 1.82) is 0 Å². The van der Waals surface area contributed by atoms with Crippen molar-refractivity contribution in [1.82, 2.24) is 15.5 Å². The highest BCUT2D eigenvalue weighted by atomic mass is 16.5. The maximum Gasteiger partial charge on any atom is 0.233 e. The van der Waals surface area contributed by atoms with Crippen LogP contribution in [-0.2, 0) is 4.74 Å². The van der Waals surface area contributed by atoms with Crippen LogP contribution >= 0.6 is 0 Å². The van der Waals surface area contributed by atoms with Gasteiger partial charge in [-0.25, -0.2) is 0 Å². The second-order valence-corrected chi connectivity index (χ2v) is 4.82. The maximum absolute atomic E-state index is 5.67. The summed E-state index contributed by atoms with van der Waals surface area (Å²) in [4.78, 5) is 0. The molecule has 19 heavy (non-hydrogen) atoms. The third-order valence-corrected chi connectivity index (χ3v) is 3.48. The monoisotopic (exact) mass is 265 g/mol. The minimum atomic E-state index is 0.243. The number of methoxy groups -OCH3 is 1. The quantitative estimate of drug-likeness (QED) is 0.818. The molecule has 5 nitrogen and oxygen atoms in total. The van der Waals surface area contributed by atoms with Gasteiger partial charge in [-0.15, -0.1) is 5.10 Å². The zero-order chi connectivity index (χ0) is 13.5. The minimum Gasteiger partial charge on any atom is -0.480 e. The van der Waals surface area contributed by atoms with Gasteiger partial charge in [0.2, 0.25) is 5.88 Å². The summed E-state index contributed by atoms with van der Waals surface area (Å²) in [5, 5.41) is 11.7. The van der Waals surface area contributed by atoms with Gasteiger partial charge in [0.1, 0.15) is 0 Å². The molecule has 2 heterocycles. The predicted octanol–water partition coefficient (Wildman–Crippen LogP) is 2.09. The maximum atomic E-state index is 5.67. The van der Waals surface area contributed by atoms with Crippen molar-refractivity contribution >= 4 is 0 Å². The first-order valence-corrected chi connectivity index (χ1v) is 7.06. The predicted molar refractivity (Wildman–Crippen MR) is 73.2 cm³/mol. The van der Waals surface area contributed by atoms with Gasteiger partial charge in [-0.05, 0) is 38.3 Å². The molecule has 1 aromatic rings. The highest BCUT2D eigenvalue weighted by Crippen LogP contribution is 2.23. The van der Waals surface area contributed by atoms with E-state index in [1.807, 2.05) is 12.1 Å². The van der Waals surface area contributed by atoms with E-state index in [-0.39, 0.29) is 6.04 Å². The molecule has 0 aromatic carbocycles. The van der Waals surface area contributed by atoms with Gasteiger partial charge in [-0.3, -0.25) is 0 Å². The molecule has 0 aliphatic carbocycles. The summed E-state index contributed by atoms with van der Waals surface area (Å²) in [5.41, 5.74) is 0.973. The topological polar surface area (TPSA) is 56.3 Å². The van der Waals surface area contributed by atoms with Gasteiger partial charge in [0, 0.05) is 12.7 Å². The summed E-state index contributed by atoms with van der Waals surface area (Å²) in [6.07, 6.45) is 4.91. The average Bonchev–Trinajstić information content (AvgIpc) is 2.97. The van der Waals surface area contributed by atoms with Crippen molar-refractivity contribution in [2.24, 2.45) is 0 Å². The van der Waals surface area contributed by atoms with Crippen molar-refractivity contribution in [3.63, 3.8) is 0 Å². The number of nitrogens with one attached hydrogen (secondary N) is 1. The zero-order valence-electron chi connectivity index (χ0n) is 11.8. The van der Waals surface area contributed by atoms with Crippen LogP contribution in [0.15, 0.2) is 12.1 Å². The van der Waals surface area contributed by atoms with Crippen molar-refractivity contribution in [3.05, 3.63) is 17.8 Å². The lowest BCUT2D eigenvalue weighted by Crippen LogP contribution is -2.23. The molecule has 106 valence electrons. The Labute approximate surface area is 114 Å². The normalized spacial score (nSPS) is 20.4. The molecule has 0 saturated carbocycles. The number of rotatable bonds is 7. The highest BCUT2D eigenvalue weighted by molar-refractivity contribution is 5.14. The molecule has 1 aliphatic heterocycles. The van der Waals surface area contributed by atoms with E-state index in [4.69, 9.17) is 9.47 Å². The molecule has 0 spiro atoms. The molecule has 2 atom stereocenters. The van der Waals surface area contributed by atoms with E-state index in [0.29, 0.717) is 12.0 Å². The van der Waals surface area contributed by atoms with Gasteiger partial charge in [0.05, 0.1) is 24.9 Å². The second-order valence-electron chi connectivity index (χ2n) is 4.82. The van der Waals surface area contributed by atoms with Crippen molar-refractivity contribution in [3.8, 4) is 5.88 Å². The van der Waals surface area contributed by atoms with Crippen molar-refractivity contribution in [2.75, 3.05) is 20.3 Å². The SMILES string of the molecule is CCNC(CCC1CCCO1)c1ccc(OC)nn1. The minimum absolute atomic E-state index is 0.243. The average molecular weight is 265 g/mol. The van der Waals surface area contributed by atoms with E-state index in [1.165, 1.54) is 12.8 Å². The van der Waals surface area contributed by atoms with Crippen LogP contribution in [0.1, 0.15) is 44.3 Å². The standard InChI is InChI=1S/C14H23N3O2/c1-3-15-12(7-6-11-5-4-10-19-11)13-8-9-14(18-2)17-16-13/h8-9,11-12,15H,3-7,10H2,1-2H3. The van der Waals surface area contributed by atoms with Crippen LogP contribution < -0.4 is 10.1 Å². The molecular formula is C14H23N3O2. The molecule has 0 amide bonds. The molecule has 5 heteroatoms. The number of nitrogens with zero attached hydrogens (tertiary/aromatic N) is 2. The lowest BCUT2D eigenvalue weighted by molar-refractivity contribution is 0.0995. The van der Waals surface area contributed by atoms with Gasteiger partial charge in [0.15, 0.2) is 0 Å². The summed E-state index contributed by atoms with van der Waals surface area (Å²) in [6, 6.07) is 4.08. The molecule has 2 unspecified atom stereocenters. The molecule has 1 aromatic heterocycles. The third-order valence-electron chi connectivity index (χ3n) is 3.48. The Morgan fingerprint density at radius 1 is 1.47 bits per heavy atom. The summed E-state index contributed by atoms with van der Waals surface area (Å²) < 4.78 is 10.7. The molecule has 1 fully saturated rings. The first-order valence-electron chi connectivity index (χ1n) is 7.06. The lowest BCUT2D eigenvalue weighted by atomic mass is 10.0. The Bertz CT molecular complexity index is 363. The van der Waals surface area contributed by atoms with Gasteiger partial charge in [-0.2, -0.15) is 5.10 Å². The van der Waals surface area contributed by atoms with Crippen LogP contribution in [0.5, 0.6) is 5.88 Å². The highest BCUT2D eigenvalue weighted by Gasteiger charge is 2.19. The summed E-state index contributed by atoms with van der Waals surface area (Å²) in [5.74, 6) is 0.554. The summed E-state index contributed by atoms with van der Waals surface area (Å²) in [7, 11) is 1.60. The summed E-state index contributed by atoms with van der Waals surface area (Å²) in [6.45, 7) is 3.94. The Morgan fingerprint density at radius 2 is 2.37 bits per heavy atom. The van der Waals surface area contributed by atoms with Crippen LogP contribution in [-0.4, -0.2) is 36.6 Å². The lowest BCUT2D eigenvalue weighted by Gasteiger charge is -2.18. The summed E-state index contributed by atoms with van der Waals surface area (Å²) >= 11 is 0. The third kappa shape index (κ3) is 4.14. The fourth-order valence-corrected chi connectivity index (χ4v) is 2.45. The Balaban J connectivity index is 1.92. The molecule has 1 N–H and O–H groups in total. The van der Waals surface area contributed by atoms with Crippen LogP contribution in [0.25, 0.3) is 0 Å². The molecular weight excluding hydrogens is 242 g/mol. The fraction of sp³-hybridized carbons (Fsp3) is 0.714. The molecule has 0 bridgehead atoms. The van der Waals surface area contributed by atoms with E-state index in [1.54, 1.807) is 7.11 Å². The number of hydrogen-bond donors (Lipinski definition) is 1. The largest absolute Gasteiger partial charge is 0.480 e. The van der Waals surface area contributed by atoms with E-state index in [9.17, 15) is 0 Å². The Morgan fingerprint density at radius 3 is 2.95 bits per heavy atom. The van der Waals surface area contributed by atoms with E-state index in [2.05, 4.69) is 22.4 Å². The first kappa shape index (κ1) is 14.2. The zero-order valence-corrected chi connectivity index (χ0v) is 11.8. The van der Waals surface area contributed by atoms with Gasteiger partial charge >= 0.3 is 0 Å². The fourth-order valence-electron chi connectivity index (χ4n) is 2.45. The molecule has 1 aliphatic rings. The van der Waals surface area contributed by atoms with Crippen LogP contribution in [0.2, 0.25) is 0 Å². The molecule has 2 rings (SSSR count). The van der Waals surface area contributed by atoms with Crippen LogP contribution in [0.3, 0.4) is 0 Å². The first-order chi connectivity index (χ1) is 9.33. The number of aromatic nitrogens is 2. The smallest absolute Gasteiger partial charge is 0.233 e. The van der Waals surface area contributed by atoms with E-state index >= 15 is 0 Å².